The van der Waals surface area contributed by atoms with Crippen molar-refractivity contribution in [1.82, 2.24) is 4.90 Å². The van der Waals surface area contributed by atoms with Crippen molar-refractivity contribution in [2.45, 2.75) is 24.8 Å². The lowest BCUT2D eigenvalue weighted by atomic mass is 9.90. The van der Waals surface area contributed by atoms with Crippen molar-refractivity contribution in [2.24, 2.45) is 0 Å². The fourth-order valence-electron chi connectivity index (χ4n) is 3.22. The van der Waals surface area contributed by atoms with E-state index in [2.05, 4.69) is 0 Å². The van der Waals surface area contributed by atoms with Gasteiger partial charge in [0.05, 0.1) is 5.92 Å². The highest BCUT2D eigenvalue weighted by Gasteiger charge is 2.38. The summed E-state index contributed by atoms with van der Waals surface area (Å²) in [5.74, 6) is -1.51. The van der Waals surface area contributed by atoms with E-state index in [1.807, 2.05) is 60.7 Å². The summed E-state index contributed by atoms with van der Waals surface area (Å²) >= 11 is 0. The topological polar surface area (TPSA) is 57.6 Å². The third-order valence-corrected chi connectivity index (χ3v) is 4.33. The number of aliphatic carboxylic acids is 1. The number of nitrogens with zero attached hydrogens (tertiary/aromatic N) is 1. The molecule has 23 heavy (non-hydrogen) atoms. The van der Waals surface area contributed by atoms with Crippen LogP contribution in [0.3, 0.4) is 0 Å². The molecule has 1 atom stereocenters. The van der Waals surface area contributed by atoms with E-state index >= 15 is 0 Å². The van der Waals surface area contributed by atoms with E-state index in [0.717, 1.165) is 17.5 Å². The van der Waals surface area contributed by atoms with Crippen LogP contribution >= 0.6 is 0 Å². The van der Waals surface area contributed by atoms with Crippen molar-refractivity contribution >= 4 is 11.9 Å². The Kier molecular flexibility index (Phi) is 4.42. The molecule has 0 saturated carbocycles. The number of carbonyl (C=O) groups excluding carboxylic acids is 1. The number of carboxylic acids is 1. The molecule has 0 spiro atoms. The smallest absolute Gasteiger partial charge is 0.326 e. The highest BCUT2D eigenvalue weighted by atomic mass is 16.4. The number of carboxylic acid groups (broad SMARTS) is 1. The molecule has 0 unspecified atom stereocenters. The lowest BCUT2D eigenvalue weighted by molar-refractivity contribution is -0.148. The van der Waals surface area contributed by atoms with E-state index in [-0.39, 0.29) is 5.91 Å². The lowest BCUT2D eigenvalue weighted by Gasteiger charge is -2.27. The highest BCUT2D eigenvalue weighted by molar-refractivity contribution is 5.91. The molecule has 1 saturated heterocycles. The SMILES string of the molecule is O=C(O)[C@@H]1CCCN1C(=O)C(c1ccccc1)c1ccccc1. The van der Waals surface area contributed by atoms with E-state index in [1.54, 1.807) is 0 Å². The second kappa shape index (κ2) is 6.65. The van der Waals surface area contributed by atoms with E-state index in [0.29, 0.717) is 13.0 Å². The van der Waals surface area contributed by atoms with E-state index in [4.69, 9.17) is 0 Å². The number of carbonyl (C=O) groups is 2. The standard InChI is InChI=1S/C19H19NO3/c21-18(20-13-7-12-16(20)19(22)23)17(14-8-3-1-4-9-14)15-10-5-2-6-11-15/h1-6,8-11,16-17H,7,12-13H2,(H,22,23)/t16-/m0/s1. The van der Waals surface area contributed by atoms with E-state index in [9.17, 15) is 14.7 Å². The van der Waals surface area contributed by atoms with Gasteiger partial charge in [0.1, 0.15) is 6.04 Å². The fourth-order valence-corrected chi connectivity index (χ4v) is 3.22. The van der Waals surface area contributed by atoms with Gasteiger partial charge in [0.2, 0.25) is 5.91 Å². The fraction of sp³-hybridized carbons (Fsp3) is 0.263. The lowest BCUT2D eigenvalue weighted by Crippen LogP contribution is -2.43. The summed E-state index contributed by atoms with van der Waals surface area (Å²) < 4.78 is 0. The van der Waals surface area contributed by atoms with Gasteiger partial charge in [-0.05, 0) is 24.0 Å². The minimum atomic E-state index is -0.921. The van der Waals surface area contributed by atoms with Crippen LogP contribution in [0.1, 0.15) is 29.9 Å². The quantitative estimate of drug-likeness (QED) is 0.945. The molecule has 1 fully saturated rings. The van der Waals surface area contributed by atoms with Crippen molar-refractivity contribution in [3.63, 3.8) is 0 Å². The van der Waals surface area contributed by atoms with Gasteiger partial charge in [0.25, 0.3) is 0 Å². The third-order valence-electron chi connectivity index (χ3n) is 4.33. The molecule has 3 rings (SSSR count). The first kappa shape index (κ1) is 15.3. The molecule has 1 aliphatic heterocycles. The molecular weight excluding hydrogens is 290 g/mol. The maximum Gasteiger partial charge on any atom is 0.326 e. The Morgan fingerprint density at radius 3 is 1.96 bits per heavy atom. The minimum absolute atomic E-state index is 0.132. The first-order valence-electron chi connectivity index (χ1n) is 7.81. The van der Waals surface area contributed by atoms with Crippen LogP contribution < -0.4 is 0 Å². The monoisotopic (exact) mass is 309 g/mol. The Morgan fingerprint density at radius 1 is 0.957 bits per heavy atom. The van der Waals surface area contributed by atoms with Crippen molar-refractivity contribution < 1.29 is 14.7 Å². The van der Waals surface area contributed by atoms with Crippen LogP contribution in [0, 0.1) is 0 Å². The summed E-state index contributed by atoms with van der Waals surface area (Å²) in [4.78, 5) is 26.1. The normalized spacial score (nSPS) is 17.4. The number of hydrogen-bond donors (Lipinski definition) is 1. The predicted molar refractivity (Wildman–Crippen MR) is 87.1 cm³/mol. The third kappa shape index (κ3) is 3.11. The molecule has 4 heteroatoms. The Labute approximate surface area is 135 Å². The molecule has 118 valence electrons. The van der Waals surface area contributed by atoms with Gasteiger partial charge < -0.3 is 10.0 Å². The molecule has 1 aliphatic rings. The van der Waals surface area contributed by atoms with E-state index < -0.39 is 17.9 Å². The Morgan fingerprint density at radius 2 is 1.48 bits per heavy atom. The summed E-state index contributed by atoms with van der Waals surface area (Å²) in [5, 5.41) is 9.36. The molecular formula is C19H19NO3. The first-order valence-corrected chi connectivity index (χ1v) is 7.81. The minimum Gasteiger partial charge on any atom is -0.480 e. The van der Waals surface area contributed by atoms with Crippen LogP contribution in [0.5, 0.6) is 0 Å². The van der Waals surface area contributed by atoms with Crippen molar-refractivity contribution in [2.75, 3.05) is 6.54 Å². The molecule has 0 aliphatic carbocycles. The number of rotatable bonds is 4. The maximum atomic E-state index is 13.1. The van der Waals surface area contributed by atoms with Crippen molar-refractivity contribution in [3.8, 4) is 0 Å². The Balaban J connectivity index is 1.99. The average molecular weight is 309 g/mol. The van der Waals surface area contributed by atoms with Crippen LogP contribution in [-0.2, 0) is 9.59 Å². The Bertz CT molecular complexity index is 645. The predicted octanol–water partition coefficient (Wildman–Crippen LogP) is 2.89. The van der Waals surface area contributed by atoms with Gasteiger partial charge >= 0.3 is 5.97 Å². The van der Waals surface area contributed by atoms with Crippen LogP contribution in [-0.4, -0.2) is 34.5 Å². The largest absolute Gasteiger partial charge is 0.480 e. The zero-order valence-corrected chi connectivity index (χ0v) is 12.8. The van der Waals surface area contributed by atoms with Gasteiger partial charge in [-0.3, -0.25) is 4.79 Å². The molecule has 2 aromatic carbocycles. The van der Waals surface area contributed by atoms with Crippen molar-refractivity contribution in [3.05, 3.63) is 71.8 Å². The van der Waals surface area contributed by atoms with Crippen molar-refractivity contribution in [1.29, 1.82) is 0 Å². The maximum absolute atomic E-state index is 13.1. The molecule has 0 radical (unpaired) electrons. The van der Waals surface area contributed by atoms with Crippen LogP contribution in [0.2, 0.25) is 0 Å². The number of benzene rings is 2. The number of likely N-dealkylation sites (tertiary alicyclic amines) is 1. The average Bonchev–Trinajstić information content (AvgIpc) is 3.07. The number of amides is 1. The highest BCUT2D eigenvalue weighted by Crippen LogP contribution is 2.30. The van der Waals surface area contributed by atoms with Crippen LogP contribution in [0.25, 0.3) is 0 Å². The molecule has 0 bridgehead atoms. The first-order chi connectivity index (χ1) is 11.2. The summed E-state index contributed by atoms with van der Waals surface area (Å²) in [6.07, 6.45) is 1.26. The zero-order chi connectivity index (χ0) is 16.2. The summed E-state index contributed by atoms with van der Waals surface area (Å²) in [6, 6.07) is 18.4. The second-order valence-corrected chi connectivity index (χ2v) is 5.78. The molecule has 1 N–H and O–H groups in total. The molecule has 1 heterocycles. The summed E-state index contributed by atoms with van der Waals surface area (Å²) in [6.45, 7) is 0.506. The van der Waals surface area contributed by atoms with Gasteiger partial charge in [-0.1, -0.05) is 60.7 Å². The van der Waals surface area contributed by atoms with Gasteiger partial charge in [-0.15, -0.1) is 0 Å². The molecule has 2 aromatic rings. The molecule has 0 aromatic heterocycles. The van der Waals surface area contributed by atoms with Gasteiger partial charge in [-0.25, -0.2) is 4.79 Å². The van der Waals surface area contributed by atoms with Crippen LogP contribution in [0.4, 0.5) is 0 Å². The summed E-state index contributed by atoms with van der Waals surface area (Å²) in [5.41, 5.74) is 1.78. The summed E-state index contributed by atoms with van der Waals surface area (Å²) in [7, 11) is 0. The second-order valence-electron chi connectivity index (χ2n) is 5.78. The zero-order valence-electron chi connectivity index (χ0n) is 12.8. The Hall–Kier alpha value is -2.62. The molecule has 4 nitrogen and oxygen atoms in total. The van der Waals surface area contributed by atoms with Gasteiger partial charge in [0, 0.05) is 6.54 Å². The number of hydrogen-bond acceptors (Lipinski definition) is 2. The van der Waals surface area contributed by atoms with Gasteiger partial charge in [-0.2, -0.15) is 0 Å². The van der Waals surface area contributed by atoms with Gasteiger partial charge in [0.15, 0.2) is 0 Å². The van der Waals surface area contributed by atoms with Crippen LogP contribution in [0.15, 0.2) is 60.7 Å². The van der Waals surface area contributed by atoms with E-state index in [1.165, 1.54) is 4.90 Å². The molecule has 1 amide bonds.